The van der Waals surface area contributed by atoms with Gasteiger partial charge in [0.1, 0.15) is 5.82 Å². The molecule has 3 rings (SSSR count). The van der Waals surface area contributed by atoms with E-state index in [1.165, 1.54) is 36.6 Å². The summed E-state index contributed by atoms with van der Waals surface area (Å²) in [6, 6.07) is 10.5. The molecule has 0 saturated heterocycles. The maximum absolute atomic E-state index is 12.4. The SMILES string of the molecule is C=CCn1c(Cc2ccccc2)nnc1SCC(=O)N[C@@H]1CCCC[C@H]1C. The van der Waals surface area contributed by atoms with E-state index in [2.05, 4.69) is 41.1 Å². The van der Waals surface area contributed by atoms with Crippen molar-refractivity contribution < 1.29 is 4.79 Å². The van der Waals surface area contributed by atoms with Crippen molar-refractivity contribution in [3.8, 4) is 0 Å². The lowest BCUT2D eigenvalue weighted by Crippen LogP contribution is -2.41. The number of aromatic nitrogens is 3. The van der Waals surface area contributed by atoms with Gasteiger partial charge in [-0.25, -0.2) is 0 Å². The molecule has 1 heterocycles. The average Bonchev–Trinajstić information content (AvgIpc) is 3.05. The first kappa shape index (κ1) is 19.7. The number of allylic oxidation sites excluding steroid dienone is 1. The molecule has 1 aliphatic rings. The van der Waals surface area contributed by atoms with Crippen LogP contribution in [0.4, 0.5) is 0 Å². The van der Waals surface area contributed by atoms with E-state index in [-0.39, 0.29) is 5.91 Å². The molecule has 0 aliphatic heterocycles. The maximum Gasteiger partial charge on any atom is 0.230 e. The molecule has 1 fully saturated rings. The number of carbonyl (C=O) groups excluding carboxylic acids is 1. The van der Waals surface area contributed by atoms with Gasteiger partial charge in [-0.05, 0) is 24.3 Å². The van der Waals surface area contributed by atoms with Gasteiger partial charge in [0.15, 0.2) is 5.16 Å². The minimum absolute atomic E-state index is 0.0801. The maximum atomic E-state index is 12.4. The Morgan fingerprint density at radius 2 is 2.07 bits per heavy atom. The highest BCUT2D eigenvalue weighted by Gasteiger charge is 2.23. The van der Waals surface area contributed by atoms with E-state index in [1.807, 2.05) is 28.8 Å². The summed E-state index contributed by atoms with van der Waals surface area (Å²) in [5.41, 5.74) is 1.19. The number of rotatable bonds is 8. The van der Waals surface area contributed by atoms with Crippen LogP contribution in [-0.4, -0.2) is 32.5 Å². The Balaban J connectivity index is 1.60. The molecular weight excluding hydrogens is 356 g/mol. The van der Waals surface area contributed by atoms with E-state index < -0.39 is 0 Å². The van der Waals surface area contributed by atoms with Crippen molar-refractivity contribution >= 4 is 17.7 Å². The predicted molar refractivity (Wildman–Crippen MR) is 110 cm³/mol. The van der Waals surface area contributed by atoms with Gasteiger partial charge < -0.3 is 9.88 Å². The van der Waals surface area contributed by atoms with Gasteiger partial charge in [0, 0.05) is 19.0 Å². The molecule has 5 nitrogen and oxygen atoms in total. The topological polar surface area (TPSA) is 59.8 Å². The quantitative estimate of drug-likeness (QED) is 0.555. The number of carbonyl (C=O) groups is 1. The predicted octanol–water partition coefficient (Wildman–Crippen LogP) is 3.84. The summed E-state index contributed by atoms with van der Waals surface area (Å²) in [6.45, 7) is 6.71. The largest absolute Gasteiger partial charge is 0.352 e. The Labute approximate surface area is 165 Å². The third kappa shape index (κ3) is 5.45. The monoisotopic (exact) mass is 384 g/mol. The van der Waals surface area contributed by atoms with Crippen molar-refractivity contribution in [2.45, 2.75) is 56.8 Å². The molecule has 1 aliphatic carbocycles. The average molecular weight is 385 g/mol. The van der Waals surface area contributed by atoms with Crippen molar-refractivity contribution in [3.05, 3.63) is 54.4 Å². The Morgan fingerprint density at radius 1 is 1.30 bits per heavy atom. The molecule has 1 amide bonds. The van der Waals surface area contributed by atoms with Crippen LogP contribution >= 0.6 is 11.8 Å². The zero-order chi connectivity index (χ0) is 19.1. The van der Waals surface area contributed by atoms with Gasteiger partial charge in [-0.2, -0.15) is 0 Å². The van der Waals surface area contributed by atoms with E-state index >= 15 is 0 Å². The minimum Gasteiger partial charge on any atom is -0.352 e. The Hall–Kier alpha value is -2.08. The zero-order valence-electron chi connectivity index (χ0n) is 15.9. The number of amides is 1. The van der Waals surface area contributed by atoms with Crippen LogP contribution in [0.1, 0.15) is 44.0 Å². The summed E-state index contributed by atoms with van der Waals surface area (Å²) >= 11 is 1.45. The molecule has 2 aromatic rings. The highest BCUT2D eigenvalue weighted by Crippen LogP contribution is 2.24. The van der Waals surface area contributed by atoms with Gasteiger partial charge in [-0.15, -0.1) is 16.8 Å². The van der Waals surface area contributed by atoms with Crippen molar-refractivity contribution in [2.24, 2.45) is 5.92 Å². The van der Waals surface area contributed by atoms with Crippen molar-refractivity contribution in [3.63, 3.8) is 0 Å². The van der Waals surface area contributed by atoms with Gasteiger partial charge in [-0.3, -0.25) is 4.79 Å². The van der Waals surface area contributed by atoms with Gasteiger partial charge in [0.2, 0.25) is 5.91 Å². The van der Waals surface area contributed by atoms with Gasteiger partial charge in [0.05, 0.1) is 5.75 Å². The smallest absolute Gasteiger partial charge is 0.230 e. The summed E-state index contributed by atoms with van der Waals surface area (Å²) in [6.07, 6.45) is 7.33. The summed E-state index contributed by atoms with van der Waals surface area (Å²) in [5.74, 6) is 1.90. The molecule has 6 heteroatoms. The zero-order valence-corrected chi connectivity index (χ0v) is 16.8. The fourth-order valence-electron chi connectivity index (χ4n) is 3.56. The first-order valence-corrected chi connectivity index (χ1v) is 10.6. The van der Waals surface area contributed by atoms with Crippen LogP contribution in [0, 0.1) is 5.92 Å². The molecule has 0 unspecified atom stereocenters. The van der Waals surface area contributed by atoms with Crippen LogP contribution in [0.25, 0.3) is 0 Å². The fraction of sp³-hybridized carbons (Fsp3) is 0.476. The second kappa shape index (κ2) is 9.74. The number of nitrogens with zero attached hydrogens (tertiary/aromatic N) is 3. The molecule has 1 saturated carbocycles. The van der Waals surface area contributed by atoms with Crippen molar-refractivity contribution in [2.75, 3.05) is 5.75 Å². The molecule has 0 radical (unpaired) electrons. The van der Waals surface area contributed by atoms with Crippen LogP contribution in [0.2, 0.25) is 0 Å². The second-order valence-electron chi connectivity index (χ2n) is 7.18. The molecule has 2 atom stereocenters. The first-order valence-electron chi connectivity index (χ1n) is 9.66. The number of thioether (sulfide) groups is 1. The van der Waals surface area contributed by atoms with E-state index in [0.29, 0.717) is 30.7 Å². The highest BCUT2D eigenvalue weighted by molar-refractivity contribution is 7.99. The van der Waals surface area contributed by atoms with Crippen LogP contribution in [0.15, 0.2) is 48.1 Å². The summed E-state index contributed by atoms with van der Waals surface area (Å²) < 4.78 is 2.04. The number of nitrogens with one attached hydrogen (secondary N) is 1. The van der Waals surface area contributed by atoms with Crippen LogP contribution in [-0.2, 0) is 17.8 Å². The number of hydrogen-bond acceptors (Lipinski definition) is 4. The van der Waals surface area contributed by atoms with Gasteiger partial charge in [-0.1, -0.05) is 67.9 Å². The standard InChI is InChI=1S/C21H28N4OS/c1-3-13-25-19(14-17-10-5-4-6-11-17)23-24-21(25)27-15-20(26)22-18-12-8-7-9-16(18)2/h3-6,10-11,16,18H,1,7-9,12-15H2,2H3,(H,22,26)/t16-,18-/m1/s1. The van der Waals surface area contributed by atoms with E-state index in [4.69, 9.17) is 0 Å². The molecule has 27 heavy (non-hydrogen) atoms. The van der Waals surface area contributed by atoms with Crippen molar-refractivity contribution in [1.82, 2.24) is 20.1 Å². The Morgan fingerprint density at radius 3 is 2.81 bits per heavy atom. The normalized spacial score (nSPS) is 19.6. The molecule has 1 aromatic heterocycles. The Bertz CT molecular complexity index is 759. The lowest BCUT2D eigenvalue weighted by Gasteiger charge is -2.29. The van der Waals surface area contributed by atoms with Crippen molar-refractivity contribution in [1.29, 1.82) is 0 Å². The Kier molecular flexibility index (Phi) is 7.10. The molecule has 144 valence electrons. The van der Waals surface area contributed by atoms with Gasteiger partial charge in [0.25, 0.3) is 0 Å². The van der Waals surface area contributed by atoms with E-state index in [1.54, 1.807) is 0 Å². The van der Waals surface area contributed by atoms with Crippen LogP contribution in [0.5, 0.6) is 0 Å². The molecule has 0 spiro atoms. The third-order valence-electron chi connectivity index (χ3n) is 5.10. The molecule has 1 N–H and O–H groups in total. The minimum atomic E-state index is 0.0801. The van der Waals surface area contributed by atoms with Crippen LogP contribution in [0.3, 0.4) is 0 Å². The molecular formula is C21H28N4OS. The first-order chi connectivity index (χ1) is 13.2. The fourth-order valence-corrected chi connectivity index (χ4v) is 4.33. The van der Waals surface area contributed by atoms with Gasteiger partial charge >= 0.3 is 0 Å². The third-order valence-corrected chi connectivity index (χ3v) is 6.07. The number of hydrogen-bond donors (Lipinski definition) is 1. The summed E-state index contributed by atoms with van der Waals surface area (Å²) in [7, 11) is 0. The molecule has 0 bridgehead atoms. The summed E-state index contributed by atoms with van der Waals surface area (Å²) in [4.78, 5) is 12.4. The van der Waals surface area contributed by atoms with Crippen LogP contribution < -0.4 is 5.32 Å². The van der Waals surface area contributed by atoms with E-state index in [9.17, 15) is 4.79 Å². The summed E-state index contributed by atoms with van der Waals surface area (Å²) in [5, 5.41) is 12.6. The highest BCUT2D eigenvalue weighted by atomic mass is 32.2. The number of benzene rings is 1. The second-order valence-corrected chi connectivity index (χ2v) is 8.13. The lowest BCUT2D eigenvalue weighted by molar-refractivity contribution is -0.119. The van der Waals surface area contributed by atoms with E-state index in [0.717, 1.165) is 17.4 Å². The lowest BCUT2D eigenvalue weighted by atomic mass is 9.86. The molecule has 1 aromatic carbocycles.